The summed E-state index contributed by atoms with van der Waals surface area (Å²) in [5.74, 6) is 0.648. The minimum atomic E-state index is 0.110. The fourth-order valence-electron chi connectivity index (χ4n) is 1.81. The maximum Gasteiger partial charge on any atom is 0.172 e. The average Bonchev–Trinajstić information content (AvgIpc) is 2.45. The van der Waals surface area contributed by atoms with Crippen LogP contribution < -0.4 is 10.6 Å². The number of thiocarbonyl (C=S) groups is 1. The number of rotatable bonds is 3. The van der Waals surface area contributed by atoms with Crippen molar-refractivity contribution in [3.63, 3.8) is 0 Å². The molecule has 0 saturated heterocycles. The first-order valence-electron chi connectivity index (χ1n) is 6.42. The highest BCUT2D eigenvalue weighted by molar-refractivity contribution is 9.10. The number of hydrogen-bond acceptors (Lipinski definition) is 2. The SMILES string of the molecule is Cc1nc(NC(=S)NC(C)c2ccccc2)c(Br)cc1Cl. The third-order valence-corrected chi connectivity index (χ3v) is 4.19. The van der Waals surface area contributed by atoms with Gasteiger partial charge >= 0.3 is 0 Å². The first-order valence-corrected chi connectivity index (χ1v) is 8.00. The molecule has 1 unspecified atom stereocenters. The van der Waals surface area contributed by atoms with Crippen molar-refractivity contribution in [2.45, 2.75) is 19.9 Å². The van der Waals surface area contributed by atoms with Gasteiger partial charge < -0.3 is 10.6 Å². The number of benzene rings is 1. The summed E-state index contributed by atoms with van der Waals surface area (Å²) in [5, 5.41) is 7.44. The second-order valence-corrected chi connectivity index (χ2v) is 6.29. The average molecular weight is 385 g/mol. The highest BCUT2D eigenvalue weighted by atomic mass is 79.9. The van der Waals surface area contributed by atoms with Gasteiger partial charge in [0.15, 0.2) is 5.11 Å². The molecule has 1 heterocycles. The Morgan fingerprint density at radius 3 is 2.67 bits per heavy atom. The molecule has 1 aromatic carbocycles. The van der Waals surface area contributed by atoms with E-state index in [0.29, 0.717) is 16.0 Å². The summed E-state index contributed by atoms with van der Waals surface area (Å²) < 4.78 is 0.773. The molecule has 110 valence electrons. The van der Waals surface area contributed by atoms with Crippen LogP contribution in [0.2, 0.25) is 5.02 Å². The van der Waals surface area contributed by atoms with Crippen LogP contribution in [-0.4, -0.2) is 10.1 Å². The van der Waals surface area contributed by atoms with E-state index in [1.165, 1.54) is 5.56 Å². The van der Waals surface area contributed by atoms with E-state index in [0.717, 1.165) is 10.2 Å². The summed E-state index contributed by atoms with van der Waals surface area (Å²) in [6.45, 7) is 3.90. The lowest BCUT2D eigenvalue weighted by molar-refractivity contribution is 0.722. The van der Waals surface area contributed by atoms with Crippen LogP contribution in [-0.2, 0) is 0 Å². The molecule has 3 nitrogen and oxygen atoms in total. The van der Waals surface area contributed by atoms with Crippen molar-refractivity contribution in [1.82, 2.24) is 10.3 Å². The number of aryl methyl sites for hydroxylation is 1. The molecule has 2 N–H and O–H groups in total. The van der Waals surface area contributed by atoms with Crippen LogP contribution in [0.5, 0.6) is 0 Å². The Balaban J connectivity index is 2.04. The molecular formula is C15H15BrClN3S. The molecule has 0 amide bonds. The summed E-state index contributed by atoms with van der Waals surface area (Å²) in [5.41, 5.74) is 1.92. The standard InChI is InChI=1S/C15H15BrClN3S/c1-9(11-6-4-3-5-7-11)19-15(21)20-14-12(16)8-13(17)10(2)18-14/h3-9H,1-2H3,(H2,18,19,20,21). The van der Waals surface area contributed by atoms with Crippen molar-refractivity contribution >= 4 is 50.7 Å². The predicted molar refractivity (Wildman–Crippen MR) is 95.9 cm³/mol. The Hall–Kier alpha value is -1.17. The molecule has 0 aliphatic heterocycles. The van der Waals surface area contributed by atoms with Crippen molar-refractivity contribution in [2.75, 3.05) is 5.32 Å². The molecule has 2 rings (SSSR count). The van der Waals surface area contributed by atoms with Crippen LogP contribution in [0.1, 0.15) is 24.2 Å². The van der Waals surface area contributed by atoms with Gasteiger partial charge in [0.05, 0.1) is 21.2 Å². The van der Waals surface area contributed by atoms with E-state index in [1.807, 2.05) is 25.1 Å². The van der Waals surface area contributed by atoms with Crippen LogP contribution in [0.15, 0.2) is 40.9 Å². The second kappa shape index (κ2) is 7.20. The maximum atomic E-state index is 6.02. The van der Waals surface area contributed by atoms with Crippen LogP contribution >= 0.6 is 39.7 Å². The topological polar surface area (TPSA) is 37.0 Å². The van der Waals surface area contributed by atoms with Gasteiger partial charge in [-0.15, -0.1) is 0 Å². The van der Waals surface area contributed by atoms with Crippen molar-refractivity contribution in [2.24, 2.45) is 0 Å². The zero-order valence-electron chi connectivity index (χ0n) is 11.7. The second-order valence-electron chi connectivity index (χ2n) is 4.62. The number of nitrogens with zero attached hydrogens (tertiary/aromatic N) is 1. The Morgan fingerprint density at radius 2 is 2.00 bits per heavy atom. The van der Waals surface area contributed by atoms with Crippen molar-refractivity contribution in [3.05, 3.63) is 57.2 Å². The van der Waals surface area contributed by atoms with E-state index in [9.17, 15) is 0 Å². The normalized spacial score (nSPS) is 11.8. The summed E-state index contributed by atoms with van der Waals surface area (Å²) in [6, 6.07) is 12.0. The number of anilines is 1. The molecule has 0 radical (unpaired) electrons. The predicted octanol–water partition coefficient (Wildman–Crippen LogP) is 4.85. The van der Waals surface area contributed by atoms with Crippen LogP contribution in [0, 0.1) is 6.92 Å². The van der Waals surface area contributed by atoms with Gasteiger partial charge in [0, 0.05) is 0 Å². The summed E-state index contributed by atoms with van der Waals surface area (Å²) in [4.78, 5) is 4.37. The molecule has 1 atom stereocenters. The third kappa shape index (κ3) is 4.40. The number of halogens is 2. The smallest absolute Gasteiger partial charge is 0.172 e. The van der Waals surface area contributed by atoms with Gasteiger partial charge in [-0.2, -0.15) is 0 Å². The molecule has 0 saturated carbocycles. The van der Waals surface area contributed by atoms with E-state index in [-0.39, 0.29) is 6.04 Å². The van der Waals surface area contributed by atoms with Crippen molar-refractivity contribution < 1.29 is 0 Å². The highest BCUT2D eigenvalue weighted by Crippen LogP contribution is 2.26. The van der Waals surface area contributed by atoms with E-state index in [2.05, 4.69) is 50.6 Å². The van der Waals surface area contributed by atoms with E-state index >= 15 is 0 Å². The number of hydrogen-bond donors (Lipinski definition) is 2. The van der Waals surface area contributed by atoms with Gasteiger partial charge in [0.2, 0.25) is 0 Å². The monoisotopic (exact) mass is 383 g/mol. The van der Waals surface area contributed by atoms with Crippen LogP contribution in [0.4, 0.5) is 5.82 Å². The van der Waals surface area contributed by atoms with Gasteiger partial charge in [-0.3, -0.25) is 0 Å². The Morgan fingerprint density at radius 1 is 1.33 bits per heavy atom. The minimum absolute atomic E-state index is 0.110. The lowest BCUT2D eigenvalue weighted by Gasteiger charge is -2.17. The van der Waals surface area contributed by atoms with Gasteiger partial charge in [-0.05, 0) is 53.6 Å². The molecule has 0 bridgehead atoms. The highest BCUT2D eigenvalue weighted by Gasteiger charge is 2.10. The summed E-state index contributed by atoms with van der Waals surface area (Å²) >= 11 is 14.8. The lowest BCUT2D eigenvalue weighted by Crippen LogP contribution is -2.31. The quantitative estimate of drug-likeness (QED) is 0.742. The zero-order chi connectivity index (χ0) is 15.4. The molecule has 6 heteroatoms. The fraction of sp³-hybridized carbons (Fsp3) is 0.200. The van der Waals surface area contributed by atoms with E-state index < -0.39 is 0 Å². The van der Waals surface area contributed by atoms with Crippen molar-refractivity contribution in [1.29, 1.82) is 0 Å². The number of aromatic nitrogens is 1. The van der Waals surface area contributed by atoms with Crippen LogP contribution in [0.25, 0.3) is 0 Å². The summed E-state index contributed by atoms with van der Waals surface area (Å²) in [6.07, 6.45) is 0. The van der Waals surface area contributed by atoms with E-state index in [1.54, 1.807) is 6.07 Å². The third-order valence-electron chi connectivity index (χ3n) is 2.98. The van der Waals surface area contributed by atoms with Gasteiger partial charge in [0.1, 0.15) is 5.82 Å². The lowest BCUT2D eigenvalue weighted by atomic mass is 10.1. The molecule has 21 heavy (non-hydrogen) atoms. The Labute approximate surface area is 143 Å². The largest absolute Gasteiger partial charge is 0.356 e. The van der Waals surface area contributed by atoms with E-state index in [4.69, 9.17) is 23.8 Å². The molecule has 0 spiro atoms. The van der Waals surface area contributed by atoms with Crippen molar-refractivity contribution in [3.8, 4) is 0 Å². The zero-order valence-corrected chi connectivity index (χ0v) is 14.8. The van der Waals surface area contributed by atoms with Gasteiger partial charge in [-0.1, -0.05) is 41.9 Å². The molecule has 0 aliphatic rings. The molecule has 0 aliphatic carbocycles. The molecule has 0 fully saturated rings. The Bertz CT molecular complexity index is 649. The first-order chi connectivity index (χ1) is 9.97. The molecule has 2 aromatic rings. The number of nitrogens with one attached hydrogen (secondary N) is 2. The fourth-order valence-corrected chi connectivity index (χ4v) is 2.78. The maximum absolute atomic E-state index is 6.02. The first kappa shape index (κ1) is 16.2. The van der Waals surface area contributed by atoms with Gasteiger partial charge in [-0.25, -0.2) is 4.98 Å². The molecular weight excluding hydrogens is 370 g/mol. The number of pyridine rings is 1. The molecule has 1 aromatic heterocycles. The summed E-state index contributed by atoms with van der Waals surface area (Å²) in [7, 11) is 0. The van der Waals surface area contributed by atoms with Gasteiger partial charge in [0.25, 0.3) is 0 Å². The minimum Gasteiger partial charge on any atom is -0.356 e. The van der Waals surface area contributed by atoms with Crippen LogP contribution in [0.3, 0.4) is 0 Å². The Kier molecular flexibility index (Phi) is 5.56.